The smallest absolute Gasteiger partial charge is 0.354 e. The standard InChI is InChI=1S/C25H23Cl2F3N6S/c26-18-2-1-3-19(27)17(18)12-20-34-21-22(33-16-6-4-15(5-7-16)25(28,29)30)35-24(36-23(21)37-20)32-13-14-8-10-31-11-9-14/h1-7,14,31H,8-13H2,(H2,32,33,35,36). The van der Waals surface area contributed by atoms with Crippen LogP contribution >= 0.6 is 34.5 Å². The van der Waals surface area contributed by atoms with Crippen molar-refractivity contribution in [3.63, 3.8) is 0 Å². The summed E-state index contributed by atoms with van der Waals surface area (Å²) in [6.45, 7) is 2.69. The van der Waals surface area contributed by atoms with E-state index in [2.05, 4.69) is 25.9 Å². The Morgan fingerprint density at radius 2 is 1.68 bits per heavy atom. The van der Waals surface area contributed by atoms with Gasteiger partial charge < -0.3 is 16.0 Å². The number of anilines is 3. The molecule has 37 heavy (non-hydrogen) atoms. The molecule has 2 aromatic heterocycles. The molecule has 0 radical (unpaired) electrons. The molecule has 1 aliphatic rings. The summed E-state index contributed by atoms with van der Waals surface area (Å²) in [6.07, 6.45) is -1.86. The van der Waals surface area contributed by atoms with Crippen molar-refractivity contribution in [2.24, 2.45) is 5.92 Å². The van der Waals surface area contributed by atoms with E-state index in [0.717, 1.165) is 55.2 Å². The van der Waals surface area contributed by atoms with Gasteiger partial charge in [-0.15, -0.1) is 0 Å². The number of hydrogen-bond acceptors (Lipinski definition) is 7. The Labute approximate surface area is 225 Å². The molecule has 3 N–H and O–H groups in total. The van der Waals surface area contributed by atoms with Crippen molar-refractivity contribution in [1.82, 2.24) is 20.3 Å². The molecule has 1 fully saturated rings. The van der Waals surface area contributed by atoms with Crippen LogP contribution in [0.2, 0.25) is 10.0 Å². The van der Waals surface area contributed by atoms with Crippen LogP contribution < -0.4 is 16.0 Å². The molecule has 3 heterocycles. The first kappa shape index (κ1) is 26.0. The average molecular weight is 567 g/mol. The number of halogens is 5. The van der Waals surface area contributed by atoms with E-state index in [1.165, 1.54) is 23.5 Å². The molecule has 0 bridgehead atoms. The summed E-state index contributed by atoms with van der Waals surface area (Å²) in [6, 6.07) is 10.1. The van der Waals surface area contributed by atoms with Gasteiger partial charge in [0.1, 0.15) is 10.5 Å². The lowest BCUT2D eigenvalue weighted by molar-refractivity contribution is -0.137. The van der Waals surface area contributed by atoms with Gasteiger partial charge in [0, 0.05) is 28.7 Å². The monoisotopic (exact) mass is 566 g/mol. The second-order valence-corrected chi connectivity index (χ2v) is 10.7. The fourth-order valence-corrected chi connectivity index (χ4v) is 5.64. The van der Waals surface area contributed by atoms with Gasteiger partial charge in [-0.25, -0.2) is 9.97 Å². The maximum Gasteiger partial charge on any atom is 0.416 e. The lowest BCUT2D eigenvalue weighted by Crippen LogP contribution is -2.31. The van der Waals surface area contributed by atoms with Crippen molar-refractivity contribution in [3.05, 3.63) is 68.6 Å². The van der Waals surface area contributed by atoms with Crippen LogP contribution in [0, 0.1) is 5.92 Å². The third-order valence-electron chi connectivity index (χ3n) is 6.18. The number of nitrogens with zero attached hydrogens (tertiary/aromatic N) is 3. The third-order valence-corrected chi connectivity index (χ3v) is 7.83. The third kappa shape index (κ3) is 6.26. The highest BCUT2D eigenvalue weighted by molar-refractivity contribution is 7.18. The Hall–Kier alpha value is -2.66. The van der Waals surface area contributed by atoms with Crippen LogP contribution in [-0.2, 0) is 12.6 Å². The number of fused-ring (bicyclic) bond motifs is 1. The molecule has 12 heteroatoms. The van der Waals surface area contributed by atoms with E-state index in [9.17, 15) is 13.2 Å². The minimum Gasteiger partial charge on any atom is -0.354 e. The molecule has 1 aliphatic heterocycles. The van der Waals surface area contributed by atoms with E-state index in [4.69, 9.17) is 28.2 Å². The van der Waals surface area contributed by atoms with Gasteiger partial charge >= 0.3 is 6.18 Å². The predicted molar refractivity (Wildman–Crippen MR) is 143 cm³/mol. The molecule has 0 spiro atoms. The summed E-state index contributed by atoms with van der Waals surface area (Å²) < 4.78 is 39.0. The first-order valence-corrected chi connectivity index (χ1v) is 13.3. The second-order valence-electron chi connectivity index (χ2n) is 8.81. The van der Waals surface area contributed by atoms with Crippen LogP contribution in [-0.4, -0.2) is 34.6 Å². The highest BCUT2D eigenvalue weighted by Gasteiger charge is 2.30. The topological polar surface area (TPSA) is 74.8 Å². The Morgan fingerprint density at radius 1 is 0.973 bits per heavy atom. The molecule has 0 atom stereocenters. The van der Waals surface area contributed by atoms with Crippen molar-refractivity contribution in [3.8, 4) is 0 Å². The molecule has 4 aromatic rings. The summed E-state index contributed by atoms with van der Waals surface area (Å²) >= 11 is 14.1. The predicted octanol–water partition coefficient (Wildman–Crippen LogP) is 7.16. The number of aromatic nitrogens is 3. The maximum absolute atomic E-state index is 13.0. The van der Waals surface area contributed by atoms with Crippen molar-refractivity contribution in [1.29, 1.82) is 0 Å². The Kier molecular flexibility index (Phi) is 7.71. The van der Waals surface area contributed by atoms with E-state index in [1.54, 1.807) is 18.2 Å². The number of benzene rings is 2. The van der Waals surface area contributed by atoms with Gasteiger partial charge in [-0.3, -0.25) is 0 Å². The van der Waals surface area contributed by atoms with Crippen LogP contribution in [0.3, 0.4) is 0 Å². The Bertz CT molecular complexity index is 1370. The Morgan fingerprint density at radius 3 is 2.35 bits per heavy atom. The summed E-state index contributed by atoms with van der Waals surface area (Å²) in [5.74, 6) is 1.35. The van der Waals surface area contributed by atoms with Gasteiger partial charge in [-0.05, 0) is 73.8 Å². The highest BCUT2D eigenvalue weighted by atomic mass is 35.5. The zero-order valence-corrected chi connectivity index (χ0v) is 21.8. The largest absolute Gasteiger partial charge is 0.416 e. The molecule has 1 saturated heterocycles. The SMILES string of the molecule is FC(F)(F)c1ccc(Nc2nc(NCC3CCNCC3)nc3sc(Cc4c(Cl)cccc4Cl)nc23)cc1. The van der Waals surface area contributed by atoms with Crippen molar-refractivity contribution in [2.45, 2.75) is 25.4 Å². The molecule has 0 amide bonds. The second kappa shape index (κ2) is 11.0. The van der Waals surface area contributed by atoms with E-state index < -0.39 is 11.7 Å². The lowest BCUT2D eigenvalue weighted by Gasteiger charge is -2.22. The van der Waals surface area contributed by atoms with E-state index in [1.807, 2.05) is 0 Å². The molecule has 6 nitrogen and oxygen atoms in total. The molecule has 2 aromatic carbocycles. The first-order chi connectivity index (χ1) is 17.8. The fraction of sp³-hybridized carbons (Fsp3) is 0.320. The minimum absolute atomic E-state index is 0.408. The highest BCUT2D eigenvalue weighted by Crippen LogP contribution is 2.34. The van der Waals surface area contributed by atoms with E-state index in [0.29, 0.717) is 50.2 Å². The quantitative estimate of drug-likeness (QED) is 0.220. The fourth-order valence-electron chi connectivity index (χ4n) is 4.16. The Balaban J connectivity index is 1.46. The number of alkyl halides is 3. The van der Waals surface area contributed by atoms with Gasteiger partial charge in [0.05, 0.1) is 5.56 Å². The van der Waals surface area contributed by atoms with Gasteiger partial charge in [-0.1, -0.05) is 40.6 Å². The summed E-state index contributed by atoms with van der Waals surface area (Å²) in [7, 11) is 0. The molecule has 0 saturated carbocycles. The van der Waals surface area contributed by atoms with Crippen LogP contribution in [0.1, 0.15) is 29.0 Å². The van der Waals surface area contributed by atoms with Crippen LogP contribution in [0.5, 0.6) is 0 Å². The molecular formula is C25H23Cl2F3N6S. The lowest BCUT2D eigenvalue weighted by atomic mass is 9.98. The maximum atomic E-state index is 13.0. The summed E-state index contributed by atoms with van der Waals surface area (Å²) in [4.78, 5) is 14.7. The molecular weight excluding hydrogens is 544 g/mol. The van der Waals surface area contributed by atoms with E-state index >= 15 is 0 Å². The number of rotatable bonds is 7. The number of hydrogen-bond donors (Lipinski definition) is 3. The number of piperidine rings is 1. The van der Waals surface area contributed by atoms with Crippen LogP contribution in [0.4, 0.5) is 30.6 Å². The zero-order chi connectivity index (χ0) is 26.0. The van der Waals surface area contributed by atoms with E-state index in [-0.39, 0.29) is 0 Å². The van der Waals surface area contributed by atoms with Gasteiger partial charge in [0.15, 0.2) is 10.6 Å². The van der Waals surface area contributed by atoms with Gasteiger partial charge in [0.2, 0.25) is 5.95 Å². The molecule has 5 rings (SSSR count). The van der Waals surface area contributed by atoms with Crippen molar-refractivity contribution >= 4 is 62.3 Å². The van der Waals surface area contributed by atoms with Gasteiger partial charge in [-0.2, -0.15) is 18.2 Å². The normalized spacial score (nSPS) is 14.7. The average Bonchev–Trinajstić information content (AvgIpc) is 3.28. The number of nitrogens with one attached hydrogen (secondary N) is 3. The van der Waals surface area contributed by atoms with Crippen molar-refractivity contribution < 1.29 is 13.2 Å². The molecule has 0 aliphatic carbocycles. The minimum atomic E-state index is -4.41. The summed E-state index contributed by atoms with van der Waals surface area (Å²) in [5, 5.41) is 11.7. The van der Waals surface area contributed by atoms with Crippen LogP contribution in [0.15, 0.2) is 42.5 Å². The molecule has 0 unspecified atom stereocenters. The summed E-state index contributed by atoms with van der Waals surface area (Å²) in [5.41, 5.74) is 1.03. The zero-order valence-electron chi connectivity index (χ0n) is 19.5. The number of thiazole rings is 1. The van der Waals surface area contributed by atoms with Gasteiger partial charge in [0.25, 0.3) is 0 Å². The van der Waals surface area contributed by atoms with Crippen LogP contribution in [0.25, 0.3) is 10.3 Å². The molecule has 194 valence electrons. The van der Waals surface area contributed by atoms with Crippen molar-refractivity contribution in [2.75, 3.05) is 30.3 Å². The first-order valence-electron chi connectivity index (χ1n) is 11.8.